The Morgan fingerprint density at radius 3 is 2.93 bits per heavy atom. The van der Waals surface area contributed by atoms with Crippen molar-refractivity contribution in [3.63, 3.8) is 0 Å². The second kappa shape index (κ2) is 4.81. The van der Waals surface area contributed by atoms with Gasteiger partial charge in [0.05, 0.1) is 0 Å². The fraction of sp³-hybridized carbons (Fsp3) is 0.222. The van der Waals surface area contributed by atoms with Crippen molar-refractivity contribution in [2.24, 2.45) is 0 Å². The smallest absolute Gasteiger partial charge is 0.404 e. The Bertz CT molecular complexity index is 344. The number of carbonyl (C=O) groups is 1. The first-order valence-electron chi connectivity index (χ1n) is 4.00. The van der Waals surface area contributed by atoms with Crippen LogP contribution in [0.4, 0.5) is 9.18 Å². The average molecular weight is 218 g/mol. The molecule has 0 aliphatic heterocycles. The summed E-state index contributed by atoms with van der Waals surface area (Å²) in [5.41, 5.74) is 0.409. The molecule has 0 fully saturated rings. The Balaban J connectivity index is 2.57. The van der Waals surface area contributed by atoms with E-state index in [1.807, 2.05) is 0 Å². The highest BCUT2D eigenvalue weighted by atomic mass is 35.5. The lowest BCUT2D eigenvalue weighted by molar-refractivity contribution is 0.194. The van der Waals surface area contributed by atoms with Crippen LogP contribution in [0.25, 0.3) is 0 Å². The topological polar surface area (TPSA) is 49.3 Å². The van der Waals surface area contributed by atoms with Crippen molar-refractivity contribution in [3.8, 4) is 0 Å². The Kier molecular flexibility index (Phi) is 3.71. The summed E-state index contributed by atoms with van der Waals surface area (Å²) in [6, 6.07) is 4.20. The third-order valence-corrected chi connectivity index (χ3v) is 1.91. The maximum atomic E-state index is 13.1. The lowest BCUT2D eigenvalue weighted by atomic mass is 10.1. The maximum absolute atomic E-state index is 13.1. The molecule has 1 rings (SSSR count). The molecule has 3 nitrogen and oxygen atoms in total. The summed E-state index contributed by atoms with van der Waals surface area (Å²) in [5.74, 6) is -0.374. The molecule has 0 heterocycles. The molecule has 14 heavy (non-hydrogen) atoms. The summed E-state index contributed by atoms with van der Waals surface area (Å²) in [5, 5.41) is 10.9. The van der Waals surface area contributed by atoms with Gasteiger partial charge in [-0.25, -0.2) is 9.18 Å². The van der Waals surface area contributed by atoms with Crippen molar-refractivity contribution >= 4 is 17.7 Å². The lowest BCUT2D eigenvalue weighted by Gasteiger charge is -2.03. The first-order valence-corrected chi connectivity index (χ1v) is 4.38. The van der Waals surface area contributed by atoms with Crippen LogP contribution in [0.1, 0.15) is 5.56 Å². The van der Waals surface area contributed by atoms with Crippen LogP contribution in [0.15, 0.2) is 18.2 Å². The molecule has 0 unspecified atom stereocenters. The van der Waals surface area contributed by atoms with E-state index in [4.69, 9.17) is 16.7 Å². The number of rotatable bonds is 3. The molecule has 0 aliphatic carbocycles. The lowest BCUT2D eigenvalue weighted by Crippen LogP contribution is -2.23. The van der Waals surface area contributed by atoms with E-state index in [1.54, 1.807) is 0 Å². The number of hydrogen-bond donors (Lipinski definition) is 2. The third-order valence-electron chi connectivity index (χ3n) is 1.68. The van der Waals surface area contributed by atoms with E-state index < -0.39 is 6.09 Å². The monoisotopic (exact) mass is 217 g/mol. The van der Waals surface area contributed by atoms with Gasteiger partial charge in [-0.1, -0.05) is 11.6 Å². The molecule has 76 valence electrons. The molecule has 1 amide bonds. The van der Waals surface area contributed by atoms with E-state index >= 15 is 0 Å². The molecule has 1 aromatic carbocycles. The van der Waals surface area contributed by atoms with Gasteiger partial charge in [-0.05, 0) is 30.2 Å². The van der Waals surface area contributed by atoms with Gasteiger partial charge in [-0.3, -0.25) is 0 Å². The number of halogens is 2. The highest BCUT2D eigenvalue weighted by molar-refractivity contribution is 6.30. The Labute approximate surface area is 85.5 Å². The largest absolute Gasteiger partial charge is 0.465 e. The van der Waals surface area contributed by atoms with Gasteiger partial charge in [-0.15, -0.1) is 0 Å². The highest BCUT2D eigenvalue weighted by Crippen LogP contribution is 2.14. The van der Waals surface area contributed by atoms with Gasteiger partial charge in [0.1, 0.15) is 5.82 Å². The first-order chi connectivity index (χ1) is 6.59. The molecule has 0 atom stereocenters. The second-order valence-electron chi connectivity index (χ2n) is 2.72. The third kappa shape index (κ3) is 3.22. The van der Waals surface area contributed by atoms with Crippen molar-refractivity contribution in [3.05, 3.63) is 34.6 Å². The van der Waals surface area contributed by atoms with Crippen LogP contribution >= 0.6 is 11.6 Å². The molecule has 2 N–H and O–H groups in total. The minimum absolute atomic E-state index is 0.173. The molecule has 0 saturated heterocycles. The molecule has 1 aromatic rings. The van der Waals surface area contributed by atoms with Crippen molar-refractivity contribution in [2.75, 3.05) is 6.54 Å². The molecule has 0 aromatic heterocycles. The fourth-order valence-corrected chi connectivity index (χ4v) is 1.23. The minimum atomic E-state index is -1.12. The normalized spacial score (nSPS) is 9.86. The molecular weight excluding hydrogens is 209 g/mol. The van der Waals surface area contributed by atoms with E-state index in [9.17, 15) is 9.18 Å². The van der Waals surface area contributed by atoms with Crippen molar-refractivity contribution in [2.45, 2.75) is 6.42 Å². The van der Waals surface area contributed by atoms with Gasteiger partial charge in [0.2, 0.25) is 0 Å². The number of benzene rings is 1. The molecule has 0 spiro atoms. The van der Waals surface area contributed by atoms with Crippen molar-refractivity contribution in [1.82, 2.24) is 5.32 Å². The molecule has 0 aliphatic rings. The van der Waals surface area contributed by atoms with Crippen LogP contribution in [0.2, 0.25) is 5.02 Å². The number of amides is 1. The Hall–Kier alpha value is -1.29. The van der Waals surface area contributed by atoms with Gasteiger partial charge in [0.15, 0.2) is 0 Å². The van der Waals surface area contributed by atoms with Crippen molar-refractivity contribution < 1.29 is 14.3 Å². The SMILES string of the molecule is O=C(O)NCCc1cc(Cl)ccc1F. The van der Waals surface area contributed by atoms with E-state index in [0.717, 1.165) is 0 Å². The zero-order valence-electron chi connectivity index (χ0n) is 7.26. The number of hydrogen-bond acceptors (Lipinski definition) is 1. The molecule has 0 saturated carbocycles. The average Bonchev–Trinajstić information content (AvgIpc) is 2.10. The zero-order valence-corrected chi connectivity index (χ0v) is 8.01. The van der Waals surface area contributed by atoms with Crippen LogP contribution in [0.5, 0.6) is 0 Å². The van der Waals surface area contributed by atoms with E-state index in [2.05, 4.69) is 5.32 Å². The molecule has 0 radical (unpaired) electrons. The Morgan fingerprint density at radius 2 is 2.29 bits per heavy atom. The number of carboxylic acid groups (broad SMARTS) is 1. The first kappa shape index (κ1) is 10.8. The minimum Gasteiger partial charge on any atom is -0.465 e. The van der Waals surface area contributed by atoms with Crippen LogP contribution in [0, 0.1) is 5.82 Å². The van der Waals surface area contributed by atoms with Crippen LogP contribution < -0.4 is 5.32 Å². The van der Waals surface area contributed by atoms with E-state index in [1.165, 1.54) is 18.2 Å². The molecular formula is C9H9ClFNO2. The summed E-state index contributed by atoms with van der Waals surface area (Å²) >= 11 is 5.65. The summed E-state index contributed by atoms with van der Waals surface area (Å²) in [6.45, 7) is 0.173. The molecule has 0 bridgehead atoms. The van der Waals surface area contributed by atoms with E-state index in [0.29, 0.717) is 17.0 Å². The summed E-state index contributed by atoms with van der Waals surface area (Å²) in [4.78, 5) is 10.1. The van der Waals surface area contributed by atoms with Gasteiger partial charge in [-0.2, -0.15) is 0 Å². The summed E-state index contributed by atoms with van der Waals surface area (Å²) in [7, 11) is 0. The summed E-state index contributed by atoms with van der Waals surface area (Å²) in [6.07, 6.45) is -0.828. The summed E-state index contributed by atoms with van der Waals surface area (Å²) < 4.78 is 13.1. The second-order valence-corrected chi connectivity index (χ2v) is 3.15. The van der Waals surface area contributed by atoms with Crippen LogP contribution in [0.3, 0.4) is 0 Å². The van der Waals surface area contributed by atoms with Gasteiger partial charge < -0.3 is 10.4 Å². The predicted molar refractivity (Wildman–Crippen MR) is 51.1 cm³/mol. The molecule has 5 heteroatoms. The zero-order chi connectivity index (χ0) is 10.6. The Morgan fingerprint density at radius 1 is 1.57 bits per heavy atom. The number of nitrogens with one attached hydrogen (secondary N) is 1. The predicted octanol–water partition coefficient (Wildman–Crippen LogP) is 2.29. The van der Waals surface area contributed by atoms with Crippen LogP contribution in [-0.4, -0.2) is 17.7 Å². The van der Waals surface area contributed by atoms with E-state index in [-0.39, 0.29) is 12.4 Å². The van der Waals surface area contributed by atoms with Gasteiger partial charge >= 0.3 is 6.09 Å². The fourth-order valence-electron chi connectivity index (χ4n) is 1.04. The van der Waals surface area contributed by atoms with Crippen molar-refractivity contribution in [1.29, 1.82) is 0 Å². The highest BCUT2D eigenvalue weighted by Gasteiger charge is 2.03. The quantitative estimate of drug-likeness (QED) is 0.816. The maximum Gasteiger partial charge on any atom is 0.404 e. The van der Waals surface area contributed by atoms with Gasteiger partial charge in [0.25, 0.3) is 0 Å². The van der Waals surface area contributed by atoms with Gasteiger partial charge in [0, 0.05) is 11.6 Å². The van der Waals surface area contributed by atoms with Crippen LogP contribution in [-0.2, 0) is 6.42 Å². The standard InChI is InChI=1S/C9H9ClFNO2/c10-7-1-2-8(11)6(5-7)3-4-12-9(13)14/h1-2,5,12H,3-4H2,(H,13,14).